The van der Waals surface area contributed by atoms with Crippen LogP contribution in [0.1, 0.15) is 11.4 Å². The maximum absolute atomic E-state index is 5.50. The lowest BCUT2D eigenvalue weighted by atomic mass is 10.2. The summed E-state index contributed by atoms with van der Waals surface area (Å²) in [5.74, 6) is 0. The van der Waals surface area contributed by atoms with Crippen LogP contribution in [0.4, 0.5) is 0 Å². The highest BCUT2D eigenvalue weighted by Gasteiger charge is 2.08. The zero-order chi connectivity index (χ0) is 11.5. The SMILES string of the molecule is Cc1nn(C)cc1-c1cncc(CCN)n1. The number of nitrogens with two attached hydrogens (primary N) is 1. The Balaban J connectivity index is 2.40. The van der Waals surface area contributed by atoms with Crippen molar-refractivity contribution in [2.45, 2.75) is 13.3 Å². The lowest BCUT2D eigenvalue weighted by Crippen LogP contribution is -2.05. The van der Waals surface area contributed by atoms with E-state index in [0.29, 0.717) is 6.54 Å². The largest absolute Gasteiger partial charge is 0.330 e. The standard InChI is InChI=1S/C11H15N5/c1-8-10(7-16(2)15-8)11-6-13-5-9(14-11)3-4-12/h5-7H,3-4,12H2,1-2H3. The van der Waals surface area contributed by atoms with Gasteiger partial charge in [0.25, 0.3) is 0 Å². The van der Waals surface area contributed by atoms with Crippen LogP contribution in [0.25, 0.3) is 11.3 Å². The van der Waals surface area contributed by atoms with Crippen molar-refractivity contribution in [2.24, 2.45) is 12.8 Å². The minimum atomic E-state index is 0.587. The Kier molecular flexibility index (Phi) is 2.96. The summed E-state index contributed by atoms with van der Waals surface area (Å²) in [4.78, 5) is 8.69. The van der Waals surface area contributed by atoms with Crippen LogP contribution in [-0.2, 0) is 13.5 Å². The summed E-state index contributed by atoms with van der Waals surface area (Å²) < 4.78 is 1.78. The van der Waals surface area contributed by atoms with Crippen molar-refractivity contribution in [3.05, 3.63) is 30.0 Å². The Morgan fingerprint density at radius 3 is 2.81 bits per heavy atom. The molecule has 5 heteroatoms. The zero-order valence-corrected chi connectivity index (χ0v) is 9.51. The molecule has 0 atom stereocenters. The molecule has 0 amide bonds. The molecule has 0 spiro atoms. The van der Waals surface area contributed by atoms with Gasteiger partial charge in [0.1, 0.15) is 0 Å². The van der Waals surface area contributed by atoms with E-state index in [4.69, 9.17) is 5.73 Å². The number of nitrogens with zero attached hydrogens (tertiary/aromatic N) is 4. The minimum Gasteiger partial charge on any atom is -0.330 e. The zero-order valence-electron chi connectivity index (χ0n) is 9.51. The molecule has 0 aliphatic heterocycles. The third-order valence-electron chi connectivity index (χ3n) is 2.37. The van der Waals surface area contributed by atoms with Crippen LogP contribution >= 0.6 is 0 Å². The molecule has 2 rings (SSSR count). The second-order valence-electron chi connectivity index (χ2n) is 3.74. The van der Waals surface area contributed by atoms with Gasteiger partial charge in [-0.15, -0.1) is 0 Å². The fraction of sp³-hybridized carbons (Fsp3) is 0.364. The highest BCUT2D eigenvalue weighted by Crippen LogP contribution is 2.19. The summed E-state index contributed by atoms with van der Waals surface area (Å²) in [5, 5.41) is 4.29. The maximum Gasteiger partial charge on any atom is 0.0922 e. The Morgan fingerprint density at radius 2 is 2.19 bits per heavy atom. The first kappa shape index (κ1) is 10.8. The van der Waals surface area contributed by atoms with E-state index >= 15 is 0 Å². The van der Waals surface area contributed by atoms with Gasteiger partial charge in [-0.25, -0.2) is 4.98 Å². The normalized spacial score (nSPS) is 10.7. The molecule has 2 aromatic rings. The number of aryl methyl sites for hydroxylation is 2. The van der Waals surface area contributed by atoms with Gasteiger partial charge in [-0.2, -0.15) is 5.10 Å². The van der Waals surface area contributed by atoms with Crippen molar-refractivity contribution in [1.82, 2.24) is 19.7 Å². The summed E-state index contributed by atoms with van der Waals surface area (Å²) in [6, 6.07) is 0. The van der Waals surface area contributed by atoms with Gasteiger partial charge in [0.15, 0.2) is 0 Å². The Morgan fingerprint density at radius 1 is 1.38 bits per heavy atom. The van der Waals surface area contributed by atoms with Crippen molar-refractivity contribution >= 4 is 0 Å². The van der Waals surface area contributed by atoms with Crippen LogP contribution < -0.4 is 5.73 Å². The molecule has 2 aromatic heterocycles. The van der Waals surface area contributed by atoms with Gasteiger partial charge in [-0.05, 0) is 13.5 Å². The molecule has 2 N–H and O–H groups in total. The Bertz CT molecular complexity index is 489. The molecule has 0 fully saturated rings. The van der Waals surface area contributed by atoms with Crippen molar-refractivity contribution in [1.29, 1.82) is 0 Å². The molecular weight excluding hydrogens is 202 g/mol. The van der Waals surface area contributed by atoms with E-state index in [1.165, 1.54) is 0 Å². The molecule has 0 saturated heterocycles. The second kappa shape index (κ2) is 4.40. The third-order valence-corrected chi connectivity index (χ3v) is 2.37. The van der Waals surface area contributed by atoms with Crippen LogP contribution in [0, 0.1) is 6.92 Å². The van der Waals surface area contributed by atoms with E-state index in [9.17, 15) is 0 Å². The highest BCUT2D eigenvalue weighted by molar-refractivity contribution is 5.59. The van der Waals surface area contributed by atoms with Crippen LogP contribution in [0.5, 0.6) is 0 Å². The minimum absolute atomic E-state index is 0.587. The van der Waals surface area contributed by atoms with Crippen molar-refractivity contribution in [2.75, 3.05) is 6.54 Å². The summed E-state index contributed by atoms with van der Waals surface area (Å²) in [6.45, 7) is 2.55. The molecular formula is C11H15N5. The van der Waals surface area contributed by atoms with Crippen LogP contribution in [0.15, 0.2) is 18.6 Å². The van der Waals surface area contributed by atoms with Gasteiger partial charge in [-0.3, -0.25) is 9.67 Å². The molecule has 0 aromatic carbocycles. The summed E-state index contributed by atoms with van der Waals surface area (Å²) >= 11 is 0. The first-order chi connectivity index (χ1) is 7.70. The van der Waals surface area contributed by atoms with Gasteiger partial charge in [0.2, 0.25) is 0 Å². The molecule has 0 aliphatic carbocycles. The van der Waals surface area contributed by atoms with E-state index in [-0.39, 0.29) is 0 Å². The van der Waals surface area contributed by atoms with Gasteiger partial charge in [0, 0.05) is 31.4 Å². The molecule has 2 heterocycles. The smallest absolute Gasteiger partial charge is 0.0922 e. The Hall–Kier alpha value is -1.75. The first-order valence-electron chi connectivity index (χ1n) is 5.22. The lowest BCUT2D eigenvalue weighted by Gasteiger charge is -2.01. The number of hydrogen-bond acceptors (Lipinski definition) is 4. The van der Waals surface area contributed by atoms with Crippen LogP contribution in [0.3, 0.4) is 0 Å². The predicted molar refractivity (Wildman–Crippen MR) is 61.7 cm³/mol. The molecule has 0 saturated carbocycles. The van der Waals surface area contributed by atoms with E-state index < -0.39 is 0 Å². The van der Waals surface area contributed by atoms with Crippen LogP contribution in [-0.4, -0.2) is 26.3 Å². The van der Waals surface area contributed by atoms with Gasteiger partial charge < -0.3 is 5.73 Å². The molecule has 0 bridgehead atoms. The Labute approximate surface area is 94.3 Å². The summed E-state index contributed by atoms with van der Waals surface area (Å²) in [6.07, 6.45) is 6.21. The van der Waals surface area contributed by atoms with Crippen LogP contribution in [0.2, 0.25) is 0 Å². The molecule has 16 heavy (non-hydrogen) atoms. The van der Waals surface area contributed by atoms with Gasteiger partial charge >= 0.3 is 0 Å². The molecule has 0 unspecified atom stereocenters. The first-order valence-corrected chi connectivity index (χ1v) is 5.22. The van der Waals surface area contributed by atoms with E-state index in [1.54, 1.807) is 17.1 Å². The van der Waals surface area contributed by atoms with Gasteiger partial charge in [-0.1, -0.05) is 0 Å². The topological polar surface area (TPSA) is 69.6 Å². The average Bonchev–Trinajstić information content (AvgIpc) is 2.59. The molecule has 0 radical (unpaired) electrons. The maximum atomic E-state index is 5.50. The average molecular weight is 217 g/mol. The molecule has 84 valence electrons. The fourth-order valence-electron chi connectivity index (χ4n) is 1.66. The molecule has 0 aliphatic rings. The van der Waals surface area contributed by atoms with Crippen molar-refractivity contribution < 1.29 is 0 Å². The number of hydrogen-bond donors (Lipinski definition) is 1. The van der Waals surface area contributed by atoms with Gasteiger partial charge in [0.05, 0.1) is 23.3 Å². The molecule has 5 nitrogen and oxygen atoms in total. The highest BCUT2D eigenvalue weighted by atomic mass is 15.2. The second-order valence-corrected chi connectivity index (χ2v) is 3.74. The number of rotatable bonds is 3. The van der Waals surface area contributed by atoms with Crippen molar-refractivity contribution in [3.8, 4) is 11.3 Å². The fourth-order valence-corrected chi connectivity index (χ4v) is 1.66. The summed E-state index contributed by atoms with van der Waals surface area (Å²) in [5.41, 5.74) is 9.26. The van der Waals surface area contributed by atoms with E-state index in [0.717, 1.165) is 29.1 Å². The summed E-state index contributed by atoms with van der Waals surface area (Å²) in [7, 11) is 1.90. The monoisotopic (exact) mass is 217 g/mol. The van der Waals surface area contributed by atoms with E-state index in [1.807, 2.05) is 20.2 Å². The lowest BCUT2D eigenvalue weighted by molar-refractivity contribution is 0.756. The third kappa shape index (κ3) is 2.09. The van der Waals surface area contributed by atoms with E-state index in [2.05, 4.69) is 15.1 Å². The van der Waals surface area contributed by atoms with Crippen molar-refractivity contribution in [3.63, 3.8) is 0 Å². The predicted octanol–water partition coefficient (Wildman–Crippen LogP) is 0.687. The number of aromatic nitrogens is 4. The quantitative estimate of drug-likeness (QED) is 0.821.